The zero-order valence-electron chi connectivity index (χ0n) is 19.6. The third-order valence-corrected chi connectivity index (χ3v) is 8.49. The predicted octanol–water partition coefficient (Wildman–Crippen LogP) is 4.10. The first-order valence-corrected chi connectivity index (χ1v) is 13.6. The van der Waals surface area contributed by atoms with Gasteiger partial charge in [-0.15, -0.1) is 0 Å². The van der Waals surface area contributed by atoms with Crippen LogP contribution in [0.3, 0.4) is 0 Å². The Bertz CT molecular complexity index is 1320. The van der Waals surface area contributed by atoms with Crippen LogP contribution < -0.4 is 5.69 Å². The number of aromatic amines is 1. The number of hydrogen-bond donors (Lipinski definition) is 1. The normalized spacial score (nSPS) is 23.6. The minimum atomic E-state index is -1.81. The standard InChI is InChI=1S/C24H27Cl3N6O3/c25-24(26,27)22-29-21(30-36-22)14-4-5-19-18(10-14)28-23(35)33(19)17-6-8-31(9-7-17)13-20(34)32-11-15-2-1-3-16(15)12-32/h4-5,10,15-17H,1-3,6-9,11-13H2,(H,28,35)/t15-,16+. The fourth-order valence-corrected chi connectivity index (χ4v) is 6.38. The highest BCUT2D eigenvalue weighted by molar-refractivity contribution is 6.66. The maximum atomic E-state index is 12.9. The highest BCUT2D eigenvalue weighted by Gasteiger charge is 2.38. The van der Waals surface area contributed by atoms with Gasteiger partial charge >= 0.3 is 5.69 Å². The number of rotatable bonds is 4. The number of benzene rings is 1. The number of hydrogen-bond acceptors (Lipinski definition) is 6. The molecule has 3 aliphatic rings. The molecule has 2 aliphatic heterocycles. The van der Waals surface area contributed by atoms with Gasteiger partial charge in [-0.25, -0.2) is 4.79 Å². The molecule has 3 aromatic rings. The van der Waals surface area contributed by atoms with E-state index in [2.05, 4.69) is 24.9 Å². The van der Waals surface area contributed by atoms with Crippen LogP contribution in [0.1, 0.15) is 44.0 Å². The number of nitrogens with one attached hydrogen (secondary N) is 1. The first-order chi connectivity index (χ1) is 17.3. The number of imidazole rings is 1. The van der Waals surface area contributed by atoms with Crippen molar-refractivity contribution in [3.63, 3.8) is 0 Å². The molecule has 0 bridgehead atoms. The minimum Gasteiger partial charge on any atom is -0.341 e. The van der Waals surface area contributed by atoms with E-state index in [0.717, 1.165) is 44.5 Å². The van der Waals surface area contributed by atoms with Crippen LogP contribution in [0, 0.1) is 11.8 Å². The van der Waals surface area contributed by atoms with Gasteiger partial charge in [0.05, 0.1) is 17.6 Å². The Morgan fingerprint density at radius 2 is 1.83 bits per heavy atom. The molecule has 1 aromatic carbocycles. The lowest BCUT2D eigenvalue weighted by molar-refractivity contribution is -0.132. The summed E-state index contributed by atoms with van der Waals surface area (Å²) in [6.07, 6.45) is 5.47. The Hall–Kier alpha value is -2.07. The van der Waals surface area contributed by atoms with Crippen LogP contribution in [-0.2, 0) is 8.59 Å². The summed E-state index contributed by atoms with van der Waals surface area (Å²) in [4.78, 5) is 37.1. The molecule has 1 N–H and O–H groups in total. The smallest absolute Gasteiger partial charge is 0.326 e. The second-order valence-electron chi connectivity index (χ2n) is 10.2. The Labute approximate surface area is 222 Å². The number of nitrogens with zero attached hydrogens (tertiary/aromatic N) is 5. The van der Waals surface area contributed by atoms with Crippen molar-refractivity contribution in [3.05, 3.63) is 34.6 Å². The van der Waals surface area contributed by atoms with Gasteiger partial charge < -0.3 is 14.4 Å². The Morgan fingerprint density at radius 3 is 2.50 bits per heavy atom. The first-order valence-electron chi connectivity index (χ1n) is 12.4. The van der Waals surface area contributed by atoms with Crippen molar-refractivity contribution < 1.29 is 9.32 Å². The molecule has 36 heavy (non-hydrogen) atoms. The van der Waals surface area contributed by atoms with Crippen LogP contribution in [-0.4, -0.2) is 68.1 Å². The predicted molar refractivity (Wildman–Crippen MR) is 137 cm³/mol. The quantitative estimate of drug-likeness (QED) is 0.488. The summed E-state index contributed by atoms with van der Waals surface area (Å²) >= 11 is 17.4. The number of likely N-dealkylation sites (tertiary alicyclic amines) is 2. The molecule has 0 unspecified atom stereocenters. The van der Waals surface area contributed by atoms with Gasteiger partial charge in [-0.1, -0.05) is 46.4 Å². The number of fused-ring (bicyclic) bond motifs is 2. The molecule has 3 fully saturated rings. The fraction of sp³-hybridized carbons (Fsp3) is 0.583. The summed E-state index contributed by atoms with van der Waals surface area (Å²) in [7, 11) is 0. The molecule has 12 heteroatoms. The topological polar surface area (TPSA) is 100 Å². The van der Waals surface area contributed by atoms with Gasteiger partial charge in [0.25, 0.3) is 9.68 Å². The Balaban J connectivity index is 1.12. The molecule has 2 aromatic heterocycles. The average Bonchev–Trinajstić information content (AvgIpc) is 3.61. The van der Waals surface area contributed by atoms with Gasteiger partial charge in [0.15, 0.2) is 0 Å². The van der Waals surface area contributed by atoms with Crippen LogP contribution in [0.2, 0.25) is 0 Å². The van der Waals surface area contributed by atoms with E-state index in [9.17, 15) is 9.59 Å². The van der Waals surface area contributed by atoms with Gasteiger partial charge in [0, 0.05) is 37.8 Å². The van der Waals surface area contributed by atoms with Crippen molar-refractivity contribution in [3.8, 4) is 11.4 Å². The van der Waals surface area contributed by atoms with E-state index in [4.69, 9.17) is 39.3 Å². The molecule has 0 radical (unpaired) electrons. The number of halogens is 3. The van der Waals surface area contributed by atoms with Crippen LogP contribution in [0.5, 0.6) is 0 Å². The number of H-pyrrole nitrogens is 1. The number of amides is 1. The summed E-state index contributed by atoms with van der Waals surface area (Å²) in [5.74, 6) is 1.83. The zero-order valence-corrected chi connectivity index (χ0v) is 21.9. The second-order valence-corrected chi connectivity index (χ2v) is 12.5. The molecule has 2 atom stereocenters. The van der Waals surface area contributed by atoms with Crippen molar-refractivity contribution in [1.82, 2.24) is 29.5 Å². The molecule has 0 spiro atoms. The molecule has 9 nitrogen and oxygen atoms in total. The van der Waals surface area contributed by atoms with Crippen LogP contribution in [0.15, 0.2) is 27.5 Å². The minimum absolute atomic E-state index is 0.0655. The molecule has 1 saturated carbocycles. The summed E-state index contributed by atoms with van der Waals surface area (Å²) in [5, 5.41) is 3.88. The second kappa shape index (κ2) is 9.35. The van der Waals surface area contributed by atoms with Gasteiger partial charge in [0.1, 0.15) is 0 Å². The highest BCUT2D eigenvalue weighted by Crippen LogP contribution is 2.39. The number of aromatic nitrogens is 4. The van der Waals surface area contributed by atoms with Gasteiger partial charge in [0.2, 0.25) is 11.7 Å². The van der Waals surface area contributed by atoms with E-state index in [1.807, 2.05) is 16.7 Å². The van der Waals surface area contributed by atoms with E-state index in [-0.39, 0.29) is 29.4 Å². The zero-order chi connectivity index (χ0) is 25.0. The van der Waals surface area contributed by atoms with Gasteiger partial charge in [-0.3, -0.25) is 14.3 Å². The fourth-order valence-electron chi connectivity index (χ4n) is 6.15. The number of carbonyl (C=O) groups excluding carboxylic acids is 1. The molecule has 2 saturated heterocycles. The average molecular weight is 554 g/mol. The molecule has 192 valence electrons. The lowest BCUT2D eigenvalue weighted by Gasteiger charge is -2.33. The number of piperidine rings is 1. The van der Waals surface area contributed by atoms with Crippen molar-refractivity contribution in [2.45, 2.75) is 41.9 Å². The molecular formula is C24H27Cl3N6O3. The molecule has 1 aliphatic carbocycles. The first kappa shape index (κ1) is 24.3. The van der Waals surface area contributed by atoms with Crippen LogP contribution in [0.25, 0.3) is 22.4 Å². The Morgan fingerprint density at radius 1 is 1.11 bits per heavy atom. The van der Waals surface area contributed by atoms with Crippen LogP contribution >= 0.6 is 34.8 Å². The molecule has 1 amide bonds. The van der Waals surface area contributed by atoms with E-state index >= 15 is 0 Å². The highest BCUT2D eigenvalue weighted by atomic mass is 35.6. The van der Waals surface area contributed by atoms with E-state index in [1.165, 1.54) is 19.3 Å². The van der Waals surface area contributed by atoms with E-state index in [1.54, 1.807) is 6.07 Å². The maximum absolute atomic E-state index is 12.9. The van der Waals surface area contributed by atoms with Crippen molar-refractivity contribution in [2.24, 2.45) is 11.8 Å². The molecule has 4 heterocycles. The van der Waals surface area contributed by atoms with Crippen LogP contribution in [0.4, 0.5) is 0 Å². The summed E-state index contributed by atoms with van der Waals surface area (Å²) < 4.78 is 5.06. The third kappa shape index (κ3) is 4.55. The summed E-state index contributed by atoms with van der Waals surface area (Å²) in [6.45, 7) is 3.91. The molecular weight excluding hydrogens is 527 g/mol. The Kier molecular flexibility index (Phi) is 6.30. The number of carbonyl (C=O) groups is 1. The summed E-state index contributed by atoms with van der Waals surface area (Å²) in [6, 6.07) is 5.54. The largest absolute Gasteiger partial charge is 0.341 e. The monoisotopic (exact) mass is 552 g/mol. The van der Waals surface area contributed by atoms with E-state index in [0.29, 0.717) is 29.5 Å². The SMILES string of the molecule is O=C(CN1CCC(n2c(=O)[nH]c3cc(-c4noc(C(Cl)(Cl)Cl)n4)ccc32)CC1)N1C[C@H]2CCC[C@H]2C1. The van der Waals surface area contributed by atoms with Crippen molar-refractivity contribution in [2.75, 3.05) is 32.7 Å². The third-order valence-electron chi connectivity index (χ3n) is 8.00. The number of alkyl halides is 3. The molecule has 6 rings (SSSR count). The van der Waals surface area contributed by atoms with Gasteiger partial charge in [-0.2, -0.15) is 4.98 Å². The lowest BCUT2D eigenvalue weighted by atomic mass is 10.0. The summed E-state index contributed by atoms with van der Waals surface area (Å²) in [5.41, 5.74) is 1.97. The van der Waals surface area contributed by atoms with Gasteiger partial charge in [-0.05, 0) is 55.7 Å². The maximum Gasteiger partial charge on any atom is 0.326 e. The van der Waals surface area contributed by atoms with Crippen molar-refractivity contribution >= 4 is 51.7 Å². The lowest BCUT2D eigenvalue weighted by Crippen LogP contribution is -2.44. The van der Waals surface area contributed by atoms with E-state index < -0.39 is 3.79 Å². The van der Waals surface area contributed by atoms with Crippen molar-refractivity contribution in [1.29, 1.82) is 0 Å².